The number of hydrogen-bond donors (Lipinski definition) is 1. The largest absolute Gasteiger partial charge is 0.324 e. The standard InChI is InChI=1S/C17H26N2O/c1-5-8-19(11-15-6-7-15)17(20)18-16-10-13(3)12(2)9-14(16)4/h9-10,15H,5-8,11H2,1-4H3,(H,18,20). The van der Waals surface area contributed by atoms with Gasteiger partial charge in [0.1, 0.15) is 0 Å². The maximum atomic E-state index is 12.4. The molecule has 1 N–H and O–H groups in total. The molecule has 0 atom stereocenters. The van der Waals surface area contributed by atoms with Crippen molar-refractivity contribution in [3.63, 3.8) is 0 Å². The van der Waals surface area contributed by atoms with Crippen molar-refractivity contribution in [3.8, 4) is 0 Å². The van der Waals surface area contributed by atoms with Crippen LogP contribution in [0.1, 0.15) is 42.9 Å². The first-order chi connectivity index (χ1) is 9.51. The zero-order chi connectivity index (χ0) is 14.7. The fourth-order valence-electron chi connectivity index (χ4n) is 2.45. The fourth-order valence-corrected chi connectivity index (χ4v) is 2.45. The van der Waals surface area contributed by atoms with Crippen LogP contribution in [0, 0.1) is 26.7 Å². The Labute approximate surface area is 122 Å². The van der Waals surface area contributed by atoms with Gasteiger partial charge in [0, 0.05) is 18.8 Å². The van der Waals surface area contributed by atoms with Crippen LogP contribution in [-0.2, 0) is 0 Å². The molecule has 3 heteroatoms. The minimum atomic E-state index is 0.0464. The number of hydrogen-bond acceptors (Lipinski definition) is 1. The van der Waals surface area contributed by atoms with Crippen LogP contribution in [-0.4, -0.2) is 24.0 Å². The minimum Gasteiger partial charge on any atom is -0.324 e. The lowest BCUT2D eigenvalue weighted by Gasteiger charge is -2.23. The van der Waals surface area contributed by atoms with Crippen molar-refractivity contribution >= 4 is 11.7 Å². The van der Waals surface area contributed by atoms with Crippen molar-refractivity contribution in [1.82, 2.24) is 4.90 Å². The highest BCUT2D eigenvalue weighted by atomic mass is 16.2. The van der Waals surface area contributed by atoms with Crippen LogP contribution in [0.3, 0.4) is 0 Å². The van der Waals surface area contributed by atoms with Gasteiger partial charge >= 0.3 is 6.03 Å². The van der Waals surface area contributed by atoms with Crippen molar-refractivity contribution < 1.29 is 4.79 Å². The van der Waals surface area contributed by atoms with Crippen molar-refractivity contribution in [2.75, 3.05) is 18.4 Å². The van der Waals surface area contributed by atoms with Gasteiger partial charge in [-0.1, -0.05) is 13.0 Å². The Kier molecular flexibility index (Phi) is 4.69. The lowest BCUT2D eigenvalue weighted by molar-refractivity contribution is 0.209. The summed E-state index contributed by atoms with van der Waals surface area (Å²) in [6, 6.07) is 4.25. The number of rotatable bonds is 5. The van der Waals surface area contributed by atoms with Crippen LogP contribution in [0.5, 0.6) is 0 Å². The number of carbonyl (C=O) groups excluding carboxylic acids is 1. The highest BCUT2D eigenvalue weighted by Gasteiger charge is 2.26. The van der Waals surface area contributed by atoms with Gasteiger partial charge in [-0.15, -0.1) is 0 Å². The monoisotopic (exact) mass is 274 g/mol. The van der Waals surface area contributed by atoms with E-state index in [1.807, 2.05) is 11.8 Å². The fraction of sp³-hybridized carbons (Fsp3) is 0.588. The third-order valence-corrected chi connectivity index (χ3v) is 4.04. The molecule has 0 heterocycles. The summed E-state index contributed by atoms with van der Waals surface area (Å²) in [4.78, 5) is 14.4. The van der Waals surface area contributed by atoms with E-state index in [-0.39, 0.29) is 6.03 Å². The van der Waals surface area contributed by atoms with Gasteiger partial charge in [0.25, 0.3) is 0 Å². The Morgan fingerprint density at radius 2 is 1.85 bits per heavy atom. The van der Waals surface area contributed by atoms with Crippen molar-refractivity contribution in [1.29, 1.82) is 0 Å². The second-order valence-electron chi connectivity index (χ2n) is 6.07. The maximum Gasteiger partial charge on any atom is 0.321 e. The van der Waals surface area contributed by atoms with E-state index in [0.717, 1.165) is 36.7 Å². The zero-order valence-corrected chi connectivity index (χ0v) is 13.1. The van der Waals surface area contributed by atoms with E-state index in [0.29, 0.717) is 0 Å². The van der Waals surface area contributed by atoms with Gasteiger partial charge in [-0.3, -0.25) is 0 Å². The summed E-state index contributed by atoms with van der Waals surface area (Å²) in [6.45, 7) is 10.1. The van der Waals surface area contributed by atoms with Gasteiger partial charge < -0.3 is 10.2 Å². The molecule has 1 aliphatic rings. The molecule has 0 saturated heterocycles. The summed E-state index contributed by atoms with van der Waals surface area (Å²) in [6.07, 6.45) is 3.55. The number of urea groups is 1. The van der Waals surface area contributed by atoms with E-state index >= 15 is 0 Å². The number of anilines is 1. The molecule has 3 nitrogen and oxygen atoms in total. The van der Waals surface area contributed by atoms with Crippen molar-refractivity contribution in [2.45, 2.75) is 47.0 Å². The highest BCUT2D eigenvalue weighted by Crippen LogP contribution is 2.30. The summed E-state index contributed by atoms with van der Waals surface area (Å²) in [5, 5.41) is 3.08. The van der Waals surface area contributed by atoms with Crippen LogP contribution in [0.4, 0.5) is 10.5 Å². The molecule has 1 saturated carbocycles. The Morgan fingerprint density at radius 3 is 2.45 bits per heavy atom. The van der Waals surface area contributed by atoms with E-state index in [1.54, 1.807) is 0 Å². The number of nitrogens with zero attached hydrogens (tertiary/aromatic N) is 1. The van der Waals surface area contributed by atoms with Gasteiger partial charge in [0.2, 0.25) is 0 Å². The van der Waals surface area contributed by atoms with Gasteiger partial charge in [-0.05, 0) is 68.7 Å². The first-order valence-electron chi connectivity index (χ1n) is 7.65. The van der Waals surface area contributed by atoms with Crippen LogP contribution >= 0.6 is 0 Å². The number of nitrogens with one attached hydrogen (secondary N) is 1. The molecule has 2 amide bonds. The molecule has 0 aliphatic heterocycles. The molecule has 0 spiro atoms. The minimum absolute atomic E-state index is 0.0464. The van der Waals surface area contributed by atoms with Gasteiger partial charge in [0.05, 0.1) is 0 Å². The second-order valence-corrected chi connectivity index (χ2v) is 6.07. The lowest BCUT2D eigenvalue weighted by Crippen LogP contribution is -2.37. The molecule has 1 fully saturated rings. The smallest absolute Gasteiger partial charge is 0.321 e. The molecular formula is C17H26N2O. The molecule has 0 bridgehead atoms. The maximum absolute atomic E-state index is 12.4. The predicted molar refractivity (Wildman–Crippen MR) is 84.3 cm³/mol. The van der Waals surface area contributed by atoms with Gasteiger partial charge in [-0.2, -0.15) is 0 Å². The molecular weight excluding hydrogens is 248 g/mol. The SMILES string of the molecule is CCCN(CC1CC1)C(=O)Nc1cc(C)c(C)cc1C. The molecule has 110 valence electrons. The number of aryl methyl sites for hydroxylation is 3. The van der Waals surface area contributed by atoms with Crippen molar-refractivity contribution in [3.05, 3.63) is 28.8 Å². The average molecular weight is 274 g/mol. The molecule has 1 aromatic rings. The Morgan fingerprint density at radius 1 is 1.20 bits per heavy atom. The van der Waals surface area contributed by atoms with E-state index < -0.39 is 0 Å². The Bertz CT molecular complexity index is 492. The molecule has 0 radical (unpaired) electrons. The summed E-state index contributed by atoms with van der Waals surface area (Å²) >= 11 is 0. The third kappa shape index (κ3) is 3.75. The molecule has 0 unspecified atom stereocenters. The molecule has 1 aromatic carbocycles. The molecule has 1 aliphatic carbocycles. The number of carbonyl (C=O) groups is 1. The average Bonchev–Trinajstić information content (AvgIpc) is 3.19. The first kappa shape index (κ1) is 14.9. The molecule has 2 rings (SSSR count). The second kappa shape index (κ2) is 6.29. The van der Waals surface area contributed by atoms with Crippen LogP contribution in [0.2, 0.25) is 0 Å². The van der Waals surface area contributed by atoms with Crippen LogP contribution in [0.15, 0.2) is 12.1 Å². The summed E-state index contributed by atoms with van der Waals surface area (Å²) in [7, 11) is 0. The summed E-state index contributed by atoms with van der Waals surface area (Å²) in [5.41, 5.74) is 4.55. The third-order valence-electron chi connectivity index (χ3n) is 4.04. The summed E-state index contributed by atoms with van der Waals surface area (Å²) in [5.74, 6) is 0.730. The van der Waals surface area contributed by atoms with Crippen LogP contribution in [0.25, 0.3) is 0 Å². The zero-order valence-electron chi connectivity index (χ0n) is 13.1. The lowest BCUT2D eigenvalue weighted by atomic mass is 10.1. The van der Waals surface area contributed by atoms with E-state index in [4.69, 9.17) is 0 Å². The predicted octanol–water partition coefficient (Wildman–Crippen LogP) is 4.27. The van der Waals surface area contributed by atoms with Gasteiger partial charge in [-0.25, -0.2) is 4.79 Å². The quantitative estimate of drug-likeness (QED) is 0.854. The van der Waals surface area contributed by atoms with Gasteiger partial charge in [0.15, 0.2) is 0 Å². The molecule has 20 heavy (non-hydrogen) atoms. The van der Waals surface area contributed by atoms with E-state index in [9.17, 15) is 4.79 Å². The Hall–Kier alpha value is -1.51. The van der Waals surface area contributed by atoms with Crippen LogP contribution < -0.4 is 5.32 Å². The number of benzene rings is 1. The van der Waals surface area contributed by atoms with E-state index in [2.05, 4.69) is 38.2 Å². The normalized spacial score (nSPS) is 14.2. The summed E-state index contributed by atoms with van der Waals surface area (Å²) < 4.78 is 0. The molecule has 0 aromatic heterocycles. The Balaban J connectivity index is 2.06. The topological polar surface area (TPSA) is 32.3 Å². The van der Waals surface area contributed by atoms with Crippen molar-refractivity contribution in [2.24, 2.45) is 5.92 Å². The number of amides is 2. The first-order valence-corrected chi connectivity index (χ1v) is 7.65. The highest BCUT2D eigenvalue weighted by molar-refractivity contribution is 5.90. The van der Waals surface area contributed by atoms with E-state index in [1.165, 1.54) is 24.0 Å².